The normalized spacial score (nSPS) is 19.6. The summed E-state index contributed by atoms with van der Waals surface area (Å²) >= 11 is 0. The van der Waals surface area contributed by atoms with Crippen LogP contribution in [0.1, 0.15) is 49.7 Å². The number of ether oxygens (including phenoxy) is 2. The molecule has 0 bridgehead atoms. The van der Waals surface area contributed by atoms with Crippen LogP contribution in [0, 0.1) is 5.82 Å². The van der Waals surface area contributed by atoms with Gasteiger partial charge in [0.15, 0.2) is 11.6 Å². The predicted molar refractivity (Wildman–Crippen MR) is 121 cm³/mol. The molecule has 15 heteroatoms. The lowest BCUT2D eigenvalue weighted by molar-refractivity contribution is 0.0317. The van der Waals surface area contributed by atoms with Gasteiger partial charge >= 0.3 is 18.7 Å². The number of imide groups is 1. The van der Waals surface area contributed by atoms with Crippen molar-refractivity contribution in [1.82, 2.24) is 25.0 Å². The fourth-order valence-corrected chi connectivity index (χ4v) is 4.07. The minimum Gasteiger partial charge on any atom is -0.465 e. The molecule has 4 rings (SSSR count). The zero-order chi connectivity index (χ0) is 27.1. The van der Waals surface area contributed by atoms with Crippen molar-refractivity contribution in [1.29, 1.82) is 0 Å². The fraction of sp³-hybridized carbons (Fsp3) is 0.500. The van der Waals surface area contributed by atoms with Crippen LogP contribution in [0.3, 0.4) is 0 Å². The van der Waals surface area contributed by atoms with Crippen molar-refractivity contribution < 1.29 is 42.1 Å². The van der Waals surface area contributed by atoms with Gasteiger partial charge in [-0.25, -0.2) is 28.5 Å². The van der Waals surface area contributed by atoms with E-state index in [0.29, 0.717) is 16.0 Å². The maximum atomic E-state index is 15.6. The topological polar surface area (TPSA) is 148 Å². The molecule has 0 saturated carbocycles. The quantitative estimate of drug-likeness (QED) is 0.534. The summed E-state index contributed by atoms with van der Waals surface area (Å²) in [4.78, 5) is 41.2. The number of pyridine rings is 1. The number of carbonyl (C=O) groups is 3. The predicted octanol–water partition coefficient (Wildman–Crippen LogP) is 3.21. The molecule has 3 N–H and O–H groups in total. The number of carboxylic acid groups (broad SMARTS) is 1. The molecule has 2 aliphatic heterocycles. The van der Waals surface area contributed by atoms with Crippen molar-refractivity contribution in [3.8, 4) is 11.3 Å². The number of fused-ring (bicyclic) bond motifs is 1. The summed E-state index contributed by atoms with van der Waals surface area (Å²) in [6.07, 6.45) is -0.0331. The van der Waals surface area contributed by atoms with E-state index in [1.165, 1.54) is 0 Å². The maximum absolute atomic E-state index is 15.6. The molecule has 1 fully saturated rings. The molecule has 2 aromatic heterocycles. The Morgan fingerprint density at radius 3 is 2.65 bits per heavy atom. The summed E-state index contributed by atoms with van der Waals surface area (Å²) < 4.78 is 52.9. The second-order valence-corrected chi connectivity index (χ2v) is 9.50. The Morgan fingerprint density at radius 2 is 2.03 bits per heavy atom. The van der Waals surface area contributed by atoms with Crippen LogP contribution in [-0.4, -0.2) is 73.8 Å². The molecule has 0 aromatic carbocycles. The van der Waals surface area contributed by atoms with Gasteiger partial charge in [-0.2, -0.15) is 13.9 Å². The Balaban J connectivity index is 1.70. The summed E-state index contributed by atoms with van der Waals surface area (Å²) in [5, 5.41) is 18.5. The highest BCUT2D eigenvalue weighted by atomic mass is 19.3. The lowest BCUT2D eigenvalue weighted by Gasteiger charge is -2.33. The minimum absolute atomic E-state index is 0.0319. The van der Waals surface area contributed by atoms with Gasteiger partial charge in [0.25, 0.3) is 5.91 Å². The van der Waals surface area contributed by atoms with Gasteiger partial charge in [0.05, 0.1) is 42.7 Å². The number of rotatable bonds is 5. The fourth-order valence-electron chi connectivity index (χ4n) is 4.07. The number of amides is 3. The van der Waals surface area contributed by atoms with Gasteiger partial charge in [0.1, 0.15) is 5.60 Å². The first-order chi connectivity index (χ1) is 17.4. The van der Waals surface area contributed by atoms with Crippen LogP contribution >= 0.6 is 0 Å². The van der Waals surface area contributed by atoms with E-state index in [2.05, 4.69) is 20.7 Å². The van der Waals surface area contributed by atoms with Crippen molar-refractivity contribution in [2.45, 2.75) is 58.0 Å². The van der Waals surface area contributed by atoms with Gasteiger partial charge in [-0.15, -0.1) is 0 Å². The Bertz CT molecular complexity index is 1230. The highest BCUT2D eigenvalue weighted by Gasteiger charge is 2.40. The molecule has 0 aliphatic carbocycles. The molecule has 200 valence electrons. The first-order valence-electron chi connectivity index (χ1n) is 11.3. The van der Waals surface area contributed by atoms with Crippen LogP contribution in [0.25, 0.3) is 11.3 Å². The Morgan fingerprint density at radius 1 is 1.30 bits per heavy atom. The number of halogens is 3. The monoisotopic (exact) mass is 526 g/mol. The van der Waals surface area contributed by atoms with E-state index in [-0.39, 0.29) is 41.4 Å². The van der Waals surface area contributed by atoms with E-state index in [4.69, 9.17) is 9.47 Å². The smallest absolute Gasteiger partial charge is 0.414 e. The molecule has 0 spiro atoms. The van der Waals surface area contributed by atoms with Crippen LogP contribution in [0.5, 0.6) is 0 Å². The Labute approximate surface area is 208 Å². The van der Waals surface area contributed by atoms with Gasteiger partial charge in [-0.3, -0.25) is 4.79 Å². The molecular formula is C22H25F3N6O6. The van der Waals surface area contributed by atoms with Crippen LogP contribution in [0.15, 0.2) is 12.4 Å². The zero-order valence-electron chi connectivity index (χ0n) is 20.1. The molecule has 0 radical (unpaired) electrons. The molecule has 37 heavy (non-hydrogen) atoms. The molecular weight excluding hydrogens is 501 g/mol. The van der Waals surface area contributed by atoms with Gasteiger partial charge < -0.3 is 25.2 Å². The number of carbonyl (C=O) groups excluding carboxylic acids is 2. The molecule has 2 aromatic rings. The lowest BCUT2D eigenvalue weighted by Crippen LogP contribution is -2.53. The van der Waals surface area contributed by atoms with E-state index in [1.54, 1.807) is 20.8 Å². The molecule has 1 saturated heterocycles. The standard InChI is InChI=1S/C22H25F3N6O6/c1-22(2,3)37-20(33)28-13-9-36-5-4-12(13)27-17-15(23)11-8-30(21(34)35)18(32)14(11)16(29-17)10-6-26-31(7-10)19(24)25/h6-7,12-13,19H,4-5,8-9H2,1-3H3,(H,27,29)(H,28,33)(H,34,35)/t12-,13+/m1/s1. The number of hydrogen-bond donors (Lipinski definition) is 3. The largest absolute Gasteiger partial charge is 0.465 e. The second kappa shape index (κ2) is 9.88. The number of alkyl halides is 2. The highest BCUT2D eigenvalue weighted by molar-refractivity contribution is 6.10. The van der Waals surface area contributed by atoms with E-state index in [0.717, 1.165) is 12.4 Å². The van der Waals surface area contributed by atoms with Crippen molar-refractivity contribution in [3.63, 3.8) is 0 Å². The Hall–Kier alpha value is -3.88. The zero-order valence-corrected chi connectivity index (χ0v) is 20.1. The van der Waals surface area contributed by atoms with Crippen LogP contribution in [-0.2, 0) is 16.0 Å². The van der Waals surface area contributed by atoms with Crippen molar-refractivity contribution >= 4 is 23.9 Å². The number of alkyl carbamates (subject to hydrolysis) is 1. The summed E-state index contributed by atoms with van der Waals surface area (Å²) in [6.45, 7) is 1.90. The number of anilines is 1. The summed E-state index contributed by atoms with van der Waals surface area (Å²) in [5.74, 6) is -2.35. The number of nitrogens with zero attached hydrogens (tertiary/aromatic N) is 4. The number of aromatic nitrogens is 3. The van der Waals surface area contributed by atoms with Gasteiger partial charge in [0.2, 0.25) is 0 Å². The third-order valence-electron chi connectivity index (χ3n) is 5.70. The van der Waals surface area contributed by atoms with E-state index in [9.17, 15) is 28.3 Å². The van der Waals surface area contributed by atoms with Crippen LogP contribution in [0.2, 0.25) is 0 Å². The van der Waals surface area contributed by atoms with E-state index >= 15 is 4.39 Å². The maximum Gasteiger partial charge on any atom is 0.414 e. The van der Waals surface area contributed by atoms with Gasteiger partial charge in [-0.05, 0) is 27.2 Å². The average molecular weight is 526 g/mol. The molecule has 4 heterocycles. The molecule has 0 unspecified atom stereocenters. The highest BCUT2D eigenvalue weighted by Crippen LogP contribution is 2.36. The summed E-state index contributed by atoms with van der Waals surface area (Å²) in [6, 6.07) is -1.24. The molecule has 12 nitrogen and oxygen atoms in total. The molecule has 2 aliphatic rings. The van der Waals surface area contributed by atoms with E-state index in [1.807, 2.05) is 0 Å². The van der Waals surface area contributed by atoms with Crippen LogP contribution in [0.4, 0.5) is 28.6 Å². The third-order valence-corrected chi connectivity index (χ3v) is 5.70. The van der Waals surface area contributed by atoms with E-state index < -0.39 is 54.7 Å². The SMILES string of the molecule is CC(C)(C)OC(=O)N[C@H]1COCC[C@H]1Nc1nc(-c2cnn(C(F)F)c2)c2c(c1F)CN(C(=O)O)C2=O. The lowest BCUT2D eigenvalue weighted by atomic mass is 10.0. The number of hydrogen-bond acceptors (Lipinski definition) is 8. The average Bonchev–Trinajstić information content (AvgIpc) is 3.42. The second-order valence-electron chi connectivity index (χ2n) is 9.50. The summed E-state index contributed by atoms with van der Waals surface area (Å²) in [7, 11) is 0. The van der Waals surface area contributed by atoms with Gasteiger partial charge in [-0.1, -0.05) is 0 Å². The third kappa shape index (κ3) is 5.45. The van der Waals surface area contributed by atoms with Gasteiger partial charge in [0, 0.05) is 23.9 Å². The molecule has 3 amide bonds. The van der Waals surface area contributed by atoms with Crippen LogP contribution < -0.4 is 10.6 Å². The number of nitrogens with one attached hydrogen (secondary N) is 2. The Kier molecular flexibility index (Phi) is 6.99. The minimum atomic E-state index is -2.98. The van der Waals surface area contributed by atoms with Crippen molar-refractivity contribution in [2.24, 2.45) is 0 Å². The molecule has 2 atom stereocenters. The van der Waals surface area contributed by atoms with Crippen molar-refractivity contribution in [2.75, 3.05) is 18.5 Å². The first-order valence-corrected chi connectivity index (χ1v) is 11.3. The van der Waals surface area contributed by atoms with Crippen molar-refractivity contribution in [3.05, 3.63) is 29.3 Å². The summed E-state index contributed by atoms with van der Waals surface area (Å²) in [5.41, 5.74) is -1.60. The first kappa shape index (κ1) is 26.2.